The summed E-state index contributed by atoms with van der Waals surface area (Å²) in [4.78, 5) is 11.9. The Labute approximate surface area is 238 Å². The van der Waals surface area contributed by atoms with Crippen molar-refractivity contribution < 1.29 is 24.1 Å². The van der Waals surface area contributed by atoms with Crippen molar-refractivity contribution in [1.29, 1.82) is 0 Å². The maximum atomic E-state index is 11.9. The highest BCUT2D eigenvalue weighted by atomic mass is 16.5. The van der Waals surface area contributed by atoms with Gasteiger partial charge in [-0.2, -0.15) is 0 Å². The lowest BCUT2D eigenvalue weighted by atomic mass is 9.35. The summed E-state index contributed by atoms with van der Waals surface area (Å²) in [6, 6.07) is 0. The molecule has 39 heavy (non-hydrogen) atoms. The standard InChI is InChI=1S/C34H58O5/c1-22(35)39-27-16-18-31(6)25(29(27,2)3)15-20-33(8)26(31)13-12-23-24(14-19-32(23,33)7)34(9,38-11)21-17-28(37-10)30(4,5)36/h17,21,23-28,36H,12-16,18-20H2,1-11H3/b21-17+/t23-,24+,25+,26-,27+,28-,31+,32-,33-,34+/m1/s1. The zero-order valence-electron chi connectivity index (χ0n) is 26.9. The van der Waals surface area contributed by atoms with Gasteiger partial charge in [0.15, 0.2) is 0 Å². The van der Waals surface area contributed by atoms with Crippen molar-refractivity contribution in [3.05, 3.63) is 12.2 Å². The molecule has 0 bridgehead atoms. The van der Waals surface area contributed by atoms with E-state index >= 15 is 0 Å². The number of hydrogen-bond donors (Lipinski definition) is 1. The number of carbonyl (C=O) groups is 1. The Morgan fingerprint density at radius 2 is 1.54 bits per heavy atom. The number of carbonyl (C=O) groups excluding carboxylic acids is 1. The molecule has 0 amide bonds. The lowest BCUT2D eigenvalue weighted by Crippen LogP contribution is -2.64. The molecule has 5 heteroatoms. The van der Waals surface area contributed by atoms with Crippen LogP contribution in [0.4, 0.5) is 0 Å². The molecule has 0 heterocycles. The van der Waals surface area contributed by atoms with Gasteiger partial charge in [-0.1, -0.05) is 46.8 Å². The van der Waals surface area contributed by atoms with Gasteiger partial charge in [0.05, 0.1) is 11.2 Å². The lowest BCUT2D eigenvalue weighted by Gasteiger charge is -2.70. The number of esters is 1. The van der Waals surface area contributed by atoms with Crippen LogP contribution in [0.1, 0.15) is 114 Å². The molecule has 4 aliphatic rings. The quantitative estimate of drug-likeness (QED) is 0.267. The van der Waals surface area contributed by atoms with Gasteiger partial charge in [0.1, 0.15) is 12.2 Å². The molecule has 4 fully saturated rings. The largest absolute Gasteiger partial charge is 0.462 e. The molecule has 10 atom stereocenters. The Kier molecular flexibility index (Phi) is 8.05. The van der Waals surface area contributed by atoms with E-state index < -0.39 is 11.2 Å². The Morgan fingerprint density at radius 3 is 2.10 bits per heavy atom. The van der Waals surface area contributed by atoms with Gasteiger partial charge < -0.3 is 19.3 Å². The fourth-order valence-electron chi connectivity index (χ4n) is 11.0. The predicted octanol–water partition coefficient (Wildman–Crippen LogP) is 7.35. The van der Waals surface area contributed by atoms with Crippen molar-refractivity contribution >= 4 is 5.97 Å². The zero-order chi connectivity index (χ0) is 29.2. The van der Waals surface area contributed by atoms with E-state index in [2.05, 4.69) is 47.6 Å². The molecule has 0 aromatic carbocycles. The van der Waals surface area contributed by atoms with Crippen LogP contribution in [0.15, 0.2) is 12.2 Å². The van der Waals surface area contributed by atoms with Gasteiger partial charge in [-0.3, -0.25) is 4.79 Å². The second kappa shape index (κ2) is 10.1. The third-order valence-electron chi connectivity index (χ3n) is 13.4. The summed E-state index contributed by atoms with van der Waals surface area (Å²) in [5.74, 6) is 2.14. The highest BCUT2D eigenvalue weighted by Gasteiger charge is 2.69. The van der Waals surface area contributed by atoms with Crippen molar-refractivity contribution in [2.24, 2.45) is 45.3 Å². The molecule has 4 aliphatic carbocycles. The van der Waals surface area contributed by atoms with Crippen molar-refractivity contribution in [3.8, 4) is 0 Å². The Balaban J connectivity index is 1.63. The molecular formula is C34H58O5. The van der Waals surface area contributed by atoms with Gasteiger partial charge in [0.25, 0.3) is 0 Å². The molecule has 0 aromatic rings. The molecule has 0 aliphatic heterocycles. The number of methoxy groups -OCH3 is 2. The van der Waals surface area contributed by atoms with E-state index in [1.54, 1.807) is 27.9 Å². The van der Waals surface area contributed by atoms with Crippen LogP contribution in [0.3, 0.4) is 0 Å². The minimum absolute atomic E-state index is 0.00620. The third kappa shape index (κ3) is 4.75. The second-order valence-corrected chi connectivity index (χ2v) is 15.8. The molecule has 1 N–H and O–H groups in total. The minimum atomic E-state index is -0.952. The van der Waals surface area contributed by atoms with Crippen LogP contribution in [-0.4, -0.2) is 48.7 Å². The van der Waals surface area contributed by atoms with E-state index in [0.29, 0.717) is 23.7 Å². The molecule has 0 radical (unpaired) electrons. The average molecular weight is 547 g/mol. The first-order chi connectivity index (χ1) is 17.9. The molecule has 0 saturated heterocycles. The smallest absolute Gasteiger partial charge is 0.302 e. The molecule has 0 spiro atoms. The van der Waals surface area contributed by atoms with E-state index in [0.717, 1.165) is 12.8 Å². The Morgan fingerprint density at radius 1 is 0.897 bits per heavy atom. The lowest BCUT2D eigenvalue weighted by molar-refractivity contribution is -0.229. The highest BCUT2D eigenvalue weighted by molar-refractivity contribution is 5.66. The summed E-state index contributed by atoms with van der Waals surface area (Å²) in [5, 5.41) is 10.6. The van der Waals surface area contributed by atoms with Crippen LogP contribution >= 0.6 is 0 Å². The number of rotatable bonds is 7. The van der Waals surface area contributed by atoms with Gasteiger partial charge in [-0.25, -0.2) is 0 Å². The van der Waals surface area contributed by atoms with Gasteiger partial charge >= 0.3 is 5.97 Å². The van der Waals surface area contributed by atoms with Crippen molar-refractivity contribution in [2.75, 3.05) is 14.2 Å². The Hall–Kier alpha value is -0.910. The van der Waals surface area contributed by atoms with Gasteiger partial charge in [-0.05, 0) is 112 Å². The van der Waals surface area contributed by atoms with E-state index in [-0.39, 0.29) is 39.8 Å². The monoisotopic (exact) mass is 546 g/mol. The molecule has 0 unspecified atom stereocenters. The first kappa shape index (κ1) is 31.0. The maximum Gasteiger partial charge on any atom is 0.302 e. The Bertz CT molecular complexity index is 950. The van der Waals surface area contributed by atoms with Gasteiger partial charge in [0, 0.05) is 26.6 Å². The van der Waals surface area contributed by atoms with E-state index in [1.807, 2.05) is 13.2 Å². The molecule has 224 valence electrons. The second-order valence-electron chi connectivity index (χ2n) is 15.8. The summed E-state index contributed by atoms with van der Waals surface area (Å²) in [6.07, 6.45) is 13.3. The third-order valence-corrected chi connectivity index (χ3v) is 13.4. The fourth-order valence-corrected chi connectivity index (χ4v) is 11.0. The highest BCUT2D eigenvalue weighted by Crippen LogP contribution is 2.76. The molecule has 4 rings (SSSR count). The maximum absolute atomic E-state index is 11.9. The van der Waals surface area contributed by atoms with Crippen LogP contribution in [0.2, 0.25) is 0 Å². The van der Waals surface area contributed by atoms with E-state index in [9.17, 15) is 9.90 Å². The first-order valence-electron chi connectivity index (χ1n) is 15.6. The predicted molar refractivity (Wildman–Crippen MR) is 156 cm³/mol. The van der Waals surface area contributed by atoms with Crippen molar-refractivity contribution in [1.82, 2.24) is 0 Å². The van der Waals surface area contributed by atoms with Crippen molar-refractivity contribution in [3.63, 3.8) is 0 Å². The molecule has 0 aromatic heterocycles. The zero-order valence-corrected chi connectivity index (χ0v) is 26.9. The summed E-state index contributed by atoms with van der Waals surface area (Å²) in [6.45, 7) is 19.9. The summed E-state index contributed by atoms with van der Waals surface area (Å²) in [7, 11) is 3.50. The summed E-state index contributed by atoms with van der Waals surface area (Å²) in [5.41, 5.74) is -0.558. The molecule has 4 saturated carbocycles. The number of hydrogen-bond acceptors (Lipinski definition) is 5. The van der Waals surface area contributed by atoms with E-state index in [1.165, 1.54) is 38.5 Å². The molecule has 5 nitrogen and oxygen atoms in total. The van der Waals surface area contributed by atoms with Crippen molar-refractivity contribution in [2.45, 2.75) is 137 Å². The molecular weight excluding hydrogens is 488 g/mol. The first-order valence-corrected chi connectivity index (χ1v) is 15.6. The number of aliphatic hydroxyl groups is 1. The average Bonchev–Trinajstić information content (AvgIpc) is 3.19. The summed E-state index contributed by atoms with van der Waals surface area (Å²) < 4.78 is 17.8. The normalized spacial score (nSPS) is 44.2. The van der Waals surface area contributed by atoms with Crippen LogP contribution in [0.5, 0.6) is 0 Å². The minimum Gasteiger partial charge on any atom is -0.462 e. The number of ether oxygens (including phenoxy) is 3. The van der Waals surface area contributed by atoms with Crippen LogP contribution < -0.4 is 0 Å². The van der Waals surface area contributed by atoms with E-state index in [4.69, 9.17) is 14.2 Å². The van der Waals surface area contributed by atoms with Crippen LogP contribution in [0, 0.1) is 45.3 Å². The SMILES string of the molecule is CO[C@H](/C=C/[C@](C)(OC)[C@H]1CC[C@]2(C)[C@@H]1CC[C@@H]1[C@@]3(C)CC[C@H](OC(C)=O)C(C)(C)[C@@H]3CC[C@]12C)C(C)(C)O. The topological polar surface area (TPSA) is 65.0 Å². The number of fused-ring (bicyclic) bond motifs is 5. The van der Waals surface area contributed by atoms with Crippen LogP contribution in [-0.2, 0) is 19.0 Å². The van der Waals surface area contributed by atoms with Gasteiger partial charge in [0.2, 0.25) is 0 Å². The van der Waals surface area contributed by atoms with Gasteiger partial charge in [-0.15, -0.1) is 0 Å². The fraction of sp³-hybridized carbons (Fsp3) is 0.912. The summed E-state index contributed by atoms with van der Waals surface area (Å²) >= 11 is 0. The van der Waals surface area contributed by atoms with Crippen LogP contribution in [0.25, 0.3) is 0 Å².